The molecule has 112 valence electrons. The first kappa shape index (κ1) is 15.4. The van der Waals surface area contributed by atoms with E-state index in [1.807, 2.05) is 7.05 Å². The van der Waals surface area contributed by atoms with E-state index in [1.54, 1.807) is 0 Å². The smallest absolute Gasteiger partial charge is 0.248 e. The van der Waals surface area contributed by atoms with Gasteiger partial charge in [-0.25, -0.2) is 8.78 Å². The standard InChI is InChI=1S/C17H25F2N/c1-12-8-13(2)10-14(9-12)11-16(20-3)15-4-6-17(18,19)7-5-15/h8-10,15-16,20H,4-7,11H2,1-3H3. The minimum atomic E-state index is -2.44. The van der Waals surface area contributed by atoms with Gasteiger partial charge in [-0.3, -0.25) is 0 Å². The van der Waals surface area contributed by atoms with Crippen molar-refractivity contribution in [3.8, 4) is 0 Å². The molecule has 1 unspecified atom stereocenters. The first-order valence-corrected chi connectivity index (χ1v) is 7.52. The van der Waals surface area contributed by atoms with Crippen LogP contribution in [0.15, 0.2) is 18.2 Å². The number of halogens is 2. The Morgan fingerprint density at radius 1 is 1.15 bits per heavy atom. The molecule has 1 aromatic carbocycles. The summed E-state index contributed by atoms with van der Waals surface area (Å²) < 4.78 is 26.5. The number of likely N-dealkylation sites (N-methyl/N-ethyl adjacent to an activating group) is 1. The first-order valence-electron chi connectivity index (χ1n) is 7.52. The molecule has 0 heterocycles. The summed E-state index contributed by atoms with van der Waals surface area (Å²) in [6, 6.07) is 6.87. The summed E-state index contributed by atoms with van der Waals surface area (Å²) in [5.41, 5.74) is 3.84. The Labute approximate surface area is 120 Å². The van der Waals surface area contributed by atoms with Gasteiger partial charge < -0.3 is 5.32 Å². The largest absolute Gasteiger partial charge is 0.316 e. The van der Waals surface area contributed by atoms with Gasteiger partial charge in [0.05, 0.1) is 0 Å². The maximum absolute atomic E-state index is 13.3. The van der Waals surface area contributed by atoms with Gasteiger partial charge in [-0.15, -0.1) is 0 Å². The third kappa shape index (κ3) is 4.02. The third-order valence-corrected chi connectivity index (χ3v) is 4.44. The Morgan fingerprint density at radius 3 is 2.20 bits per heavy atom. The van der Waals surface area contributed by atoms with Crippen molar-refractivity contribution in [3.63, 3.8) is 0 Å². The average Bonchev–Trinajstić information content (AvgIpc) is 2.35. The van der Waals surface area contributed by atoms with Crippen LogP contribution in [-0.2, 0) is 6.42 Å². The van der Waals surface area contributed by atoms with Crippen molar-refractivity contribution in [2.45, 2.75) is 57.9 Å². The van der Waals surface area contributed by atoms with E-state index >= 15 is 0 Å². The zero-order valence-electron chi connectivity index (χ0n) is 12.7. The molecule has 0 aromatic heterocycles. The maximum atomic E-state index is 13.3. The molecule has 2 rings (SSSR count). The Balaban J connectivity index is 2.02. The highest BCUT2D eigenvalue weighted by Gasteiger charge is 2.37. The molecule has 20 heavy (non-hydrogen) atoms. The van der Waals surface area contributed by atoms with Crippen LogP contribution in [0.4, 0.5) is 8.78 Å². The van der Waals surface area contributed by atoms with E-state index in [4.69, 9.17) is 0 Å². The van der Waals surface area contributed by atoms with Gasteiger partial charge in [-0.1, -0.05) is 29.3 Å². The predicted octanol–water partition coefficient (Wildman–Crippen LogP) is 4.26. The molecule has 1 fully saturated rings. The minimum Gasteiger partial charge on any atom is -0.316 e. The van der Waals surface area contributed by atoms with Crippen LogP contribution >= 0.6 is 0 Å². The van der Waals surface area contributed by atoms with Gasteiger partial charge >= 0.3 is 0 Å². The molecule has 1 N–H and O–H groups in total. The highest BCUT2D eigenvalue weighted by molar-refractivity contribution is 5.29. The molecular formula is C17H25F2N. The van der Waals surface area contributed by atoms with Crippen LogP contribution in [0.5, 0.6) is 0 Å². The van der Waals surface area contributed by atoms with Crippen LogP contribution < -0.4 is 5.32 Å². The number of alkyl halides is 2. The van der Waals surface area contributed by atoms with Crippen molar-refractivity contribution in [1.29, 1.82) is 0 Å². The van der Waals surface area contributed by atoms with Crippen molar-refractivity contribution in [2.75, 3.05) is 7.05 Å². The topological polar surface area (TPSA) is 12.0 Å². The summed E-state index contributed by atoms with van der Waals surface area (Å²) in [5.74, 6) is -2.07. The van der Waals surface area contributed by atoms with E-state index in [1.165, 1.54) is 16.7 Å². The highest BCUT2D eigenvalue weighted by atomic mass is 19.3. The van der Waals surface area contributed by atoms with Crippen LogP contribution in [0.25, 0.3) is 0 Å². The van der Waals surface area contributed by atoms with Crippen molar-refractivity contribution in [2.24, 2.45) is 5.92 Å². The number of hydrogen-bond acceptors (Lipinski definition) is 1. The summed E-state index contributed by atoms with van der Waals surface area (Å²) in [7, 11) is 1.94. The fourth-order valence-corrected chi connectivity index (χ4v) is 3.41. The molecule has 1 aliphatic rings. The lowest BCUT2D eigenvalue weighted by molar-refractivity contribution is -0.0492. The quantitative estimate of drug-likeness (QED) is 0.869. The van der Waals surface area contributed by atoms with Gasteiger partial charge in [0.1, 0.15) is 0 Å². The van der Waals surface area contributed by atoms with Crippen molar-refractivity contribution in [1.82, 2.24) is 5.32 Å². The van der Waals surface area contributed by atoms with E-state index in [2.05, 4.69) is 37.4 Å². The summed E-state index contributed by atoms with van der Waals surface area (Å²) in [6.07, 6.45) is 2.27. The normalized spacial score (nSPS) is 20.9. The van der Waals surface area contributed by atoms with E-state index in [9.17, 15) is 8.78 Å². The molecule has 0 bridgehead atoms. The van der Waals surface area contributed by atoms with E-state index in [-0.39, 0.29) is 12.8 Å². The predicted molar refractivity (Wildman–Crippen MR) is 79.4 cm³/mol. The van der Waals surface area contributed by atoms with Gasteiger partial charge in [0.15, 0.2) is 0 Å². The van der Waals surface area contributed by atoms with Crippen LogP contribution in [0.1, 0.15) is 42.4 Å². The average molecular weight is 281 g/mol. The molecule has 0 spiro atoms. The van der Waals surface area contributed by atoms with Gasteiger partial charge in [-0.05, 0) is 51.6 Å². The van der Waals surface area contributed by atoms with E-state index < -0.39 is 5.92 Å². The molecule has 1 aliphatic carbocycles. The van der Waals surface area contributed by atoms with Crippen molar-refractivity contribution >= 4 is 0 Å². The molecule has 0 amide bonds. The molecule has 1 atom stereocenters. The Kier molecular flexibility index (Phi) is 4.79. The Morgan fingerprint density at radius 2 is 1.70 bits per heavy atom. The minimum absolute atomic E-state index is 0.0443. The summed E-state index contributed by atoms with van der Waals surface area (Å²) >= 11 is 0. The molecule has 0 saturated heterocycles. The summed E-state index contributed by atoms with van der Waals surface area (Å²) in [4.78, 5) is 0. The Bertz CT molecular complexity index is 426. The fraction of sp³-hybridized carbons (Fsp3) is 0.647. The van der Waals surface area contributed by atoms with Gasteiger partial charge in [0, 0.05) is 18.9 Å². The zero-order valence-corrected chi connectivity index (χ0v) is 12.7. The molecule has 0 aliphatic heterocycles. The fourth-order valence-electron chi connectivity index (χ4n) is 3.41. The van der Waals surface area contributed by atoms with Crippen molar-refractivity contribution in [3.05, 3.63) is 34.9 Å². The second-order valence-corrected chi connectivity index (χ2v) is 6.29. The first-order chi connectivity index (χ1) is 9.39. The van der Waals surface area contributed by atoms with Crippen LogP contribution in [0.2, 0.25) is 0 Å². The second kappa shape index (κ2) is 6.21. The number of hydrogen-bond donors (Lipinski definition) is 1. The van der Waals surface area contributed by atoms with Crippen molar-refractivity contribution < 1.29 is 8.78 Å². The number of rotatable bonds is 4. The van der Waals surface area contributed by atoms with Gasteiger partial charge in [0.2, 0.25) is 5.92 Å². The van der Waals surface area contributed by atoms with E-state index in [0.29, 0.717) is 24.8 Å². The number of benzene rings is 1. The number of nitrogens with one attached hydrogen (secondary N) is 1. The van der Waals surface area contributed by atoms with Crippen LogP contribution in [0.3, 0.4) is 0 Å². The van der Waals surface area contributed by atoms with Gasteiger partial charge in [0.25, 0.3) is 0 Å². The molecule has 3 heteroatoms. The van der Waals surface area contributed by atoms with Crippen LogP contribution in [0, 0.1) is 19.8 Å². The SMILES string of the molecule is CNC(Cc1cc(C)cc(C)c1)C1CCC(F)(F)CC1. The van der Waals surface area contributed by atoms with E-state index in [0.717, 1.165) is 6.42 Å². The summed E-state index contributed by atoms with van der Waals surface area (Å²) in [5, 5.41) is 3.34. The van der Waals surface area contributed by atoms with Crippen LogP contribution in [-0.4, -0.2) is 19.0 Å². The van der Waals surface area contributed by atoms with Gasteiger partial charge in [-0.2, -0.15) is 0 Å². The second-order valence-electron chi connectivity index (χ2n) is 6.29. The molecular weight excluding hydrogens is 256 g/mol. The lowest BCUT2D eigenvalue weighted by Gasteiger charge is -2.33. The highest BCUT2D eigenvalue weighted by Crippen LogP contribution is 2.38. The lowest BCUT2D eigenvalue weighted by Crippen LogP contribution is -2.39. The molecule has 0 radical (unpaired) electrons. The molecule has 1 saturated carbocycles. The molecule has 1 nitrogen and oxygen atoms in total. The summed E-state index contributed by atoms with van der Waals surface area (Å²) in [6.45, 7) is 4.21. The Hall–Kier alpha value is -0.960. The maximum Gasteiger partial charge on any atom is 0.248 e. The number of aryl methyl sites for hydroxylation is 2. The molecule has 1 aromatic rings. The zero-order chi connectivity index (χ0) is 14.8. The lowest BCUT2D eigenvalue weighted by atomic mass is 9.80. The monoisotopic (exact) mass is 281 g/mol. The third-order valence-electron chi connectivity index (χ3n) is 4.44.